The van der Waals surface area contributed by atoms with Gasteiger partial charge in [-0.1, -0.05) is 48.0 Å². The molecule has 0 heterocycles. The van der Waals surface area contributed by atoms with Crippen LogP contribution in [0.1, 0.15) is 17.5 Å². The van der Waals surface area contributed by atoms with E-state index in [9.17, 15) is 13.2 Å². The average molecular weight is 453 g/mol. The first kappa shape index (κ1) is 23.3. The fourth-order valence-electron chi connectivity index (χ4n) is 3.12. The molecule has 3 aromatic rings. The highest BCUT2D eigenvalue weighted by Crippen LogP contribution is 2.24. The summed E-state index contributed by atoms with van der Waals surface area (Å²) < 4.78 is 32.3. The van der Waals surface area contributed by atoms with E-state index in [2.05, 4.69) is 17.4 Å². The summed E-state index contributed by atoms with van der Waals surface area (Å²) in [6, 6.07) is 23.5. The number of nitrogens with zero attached hydrogens (tertiary/aromatic N) is 1. The van der Waals surface area contributed by atoms with Crippen molar-refractivity contribution >= 4 is 21.6 Å². The molecule has 0 aromatic heterocycles. The molecule has 168 valence electrons. The lowest BCUT2D eigenvalue weighted by molar-refractivity contribution is -0.123. The summed E-state index contributed by atoms with van der Waals surface area (Å²) in [5.41, 5.74) is 2.74. The first-order valence-corrected chi connectivity index (χ1v) is 11.9. The van der Waals surface area contributed by atoms with Crippen LogP contribution in [0.2, 0.25) is 0 Å². The van der Waals surface area contributed by atoms with Crippen LogP contribution in [-0.2, 0) is 21.2 Å². The molecule has 0 saturated carbocycles. The molecular formula is C25H28N2O4S. The number of carbonyl (C=O) groups is 1. The lowest BCUT2D eigenvalue weighted by Gasteiger charge is -2.20. The molecule has 0 unspecified atom stereocenters. The van der Waals surface area contributed by atoms with E-state index in [1.54, 1.807) is 48.5 Å². The molecule has 0 atom stereocenters. The van der Waals surface area contributed by atoms with E-state index in [1.807, 2.05) is 25.1 Å². The van der Waals surface area contributed by atoms with Crippen LogP contribution >= 0.6 is 0 Å². The summed E-state index contributed by atoms with van der Waals surface area (Å²) in [6.07, 6.45) is 1.76. The predicted molar refractivity (Wildman–Crippen MR) is 126 cm³/mol. The zero-order valence-electron chi connectivity index (χ0n) is 18.3. The van der Waals surface area contributed by atoms with Gasteiger partial charge >= 0.3 is 0 Å². The summed E-state index contributed by atoms with van der Waals surface area (Å²) in [4.78, 5) is 12.2. The van der Waals surface area contributed by atoms with Crippen LogP contribution in [0.4, 0.5) is 5.69 Å². The van der Waals surface area contributed by atoms with Crippen molar-refractivity contribution in [3.05, 3.63) is 90.0 Å². The summed E-state index contributed by atoms with van der Waals surface area (Å²) >= 11 is 0. The largest absolute Gasteiger partial charge is 0.484 e. The Bertz CT molecular complexity index is 1110. The van der Waals surface area contributed by atoms with Crippen LogP contribution in [-0.4, -0.2) is 34.5 Å². The molecule has 1 N–H and O–H groups in total. The van der Waals surface area contributed by atoms with Gasteiger partial charge in [0.2, 0.25) is 0 Å². The highest BCUT2D eigenvalue weighted by molar-refractivity contribution is 7.92. The molecule has 32 heavy (non-hydrogen) atoms. The fourth-order valence-corrected chi connectivity index (χ4v) is 4.32. The standard InChI is InChI=1S/C25H28N2O4S/c1-20-10-16-24(17-11-20)32(29,30)27(2)22-12-14-23(15-13-22)31-19-25(28)26-18-6-9-21-7-4-3-5-8-21/h3-5,7-8,10-17H,6,9,18-19H2,1-2H3,(H,26,28). The second kappa shape index (κ2) is 10.8. The van der Waals surface area contributed by atoms with Gasteiger partial charge in [0.25, 0.3) is 15.9 Å². The number of hydrogen-bond acceptors (Lipinski definition) is 4. The maximum Gasteiger partial charge on any atom is 0.264 e. The van der Waals surface area contributed by atoms with E-state index >= 15 is 0 Å². The van der Waals surface area contributed by atoms with Crippen molar-refractivity contribution in [2.45, 2.75) is 24.7 Å². The Morgan fingerprint density at radius 2 is 1.59 bits per heavy atom. The number of sulfonamides is 1. The predicted octanol–water partition coefficient (Wildman–Crippen LogP) is 3.95. The summed E-state index contributed by atoms with van der Waals surface area (Å²) in [5, 5.41) is 2.84. The molecule has 0 aliphatic heterocycles. The minimum atomic E-state index is -3.65. The van der Waals surface area contributed by atoms with Gasteiger partial charge in [-0.3, -0.25) is 9.10 Å². The first-order valence-electron chi connectivity index (χ1n) is 10.5. The number of rotatable bonds is 10. The van der Waals surface area contributed by atoms with Gasteiger partial charge in [0.15, 0.2) is 6.61 Å². The third-order valence-electron chi connectivity index (χ3n) is 5.06. The minimum Gasteiger partial charge on any atom is -0.484 e. The third-order valence-corrected chi connectivity index (χ3v) is 6.86. The van der Waals surface area contributed by atoms with E-state index in [0.29, 0.717) is 18.0 Å². The Kier molecular flexibility index (Phi) is 7.89. The highest BCUT2D eigenvalue weighted by atomic mass is 32.2. The van der Waals surface area contributed by atoms with Crippen molar-refractivity contribution in [1.82, 2.24) is 5.32 Å². The van der Waals surface area contributed by atoms with Crippen LogP contribution in [0.25, 0.3) is 0 Å². The van der Waals surface area contributed by atoms with E-state index in [0.717, 1.165) is 18.4 Å². The molecule has 6 nitrogen and oxygen atoms in total. The van der Waals surface area contributed by atoms with Crippen molar-refractivity contribution in [3.8, 4) is 5.75 Å². The van der Waals surface area contributed by atoms with E-state index < -0.39 is 10.0 Å². The van der Waals surface area contributed by atoms with Crippen LogP contribution in [0.15, 0.2) is 83.8 Å². The van der Waals surface area contributed by atoms with Gasteiger partial charge in [-0.15, -0.1) is 0 Å². The van der Waals surface area contributed by atoms with Gasteiger partial charge in [-0.05, 0) is 61.7 Å². The molecule has 1 amide bonds. The van der Waals surface area contributed by atoms with Gasteiger partial charge in [-0.25, -0.2) is 8.42 Å². The number of nitrogens with one attached hydrogen (secondary N) is 1. The maximum atomic E-state index is 12.8. The third kappa shape index (κ3) is 6.34. The van der Waals surface area contributed by atoms with Crippen LogP contribution in [0.3, 0.4) is 0 Å². The van der Waals surface area contributed by atoms with Gasteiger partial charge < -0.3 is 10.1 Å². The lowest BCUT2D eigenvalue weighted by atomic mass is 10.1. The smallest absolute Gasteiger partial charge is 0.264 e. The van der Waals surface area contributed by atoms with Crippen LogP contribution in [0.5, 0.6) is 5.75 Å². The van der Waals surface area contributed by atoms with E-state index in [4.69, 9.17) is 4.74 Å². The Morgan fingerprint density at radius 1 is 0.938 bits per heavy atom. The number of ether oxygens (including phenoxy) is 1. The molecule has 7 heteroatoms. The van der Waals surface area contributed by atoms with Crippen LogP contribution in [0, 0.1) is 6.92 Å². The normalized spacial score (nSPS) is 11.1. The topological polar surface area (TPSA) is 75.7 Å². The molecule has 3 aromatic carbocycles. The van der Waals surface area contributed by atoms with E-state index in [1.165, 1.54) is 16.9 Å². The van der Waals surface area contributed by atoms with Gasteiger partial charge in [0.05, 0.1) is 10.6 Å². The van der Waals surface area contributed by atoms with Crippen molar-refractivity contribution in [3.63, 3.8) is 0 Å². The molecule has 0 fully saturated rings. The summed E-state index contributed by atoms with van der Waals surface area (Å²) in [7, 11) is -2.14. The van der Waals surface area contributed by atoms with Gasteiger partial charge in [0, 0.05) is 13.6 Å². The van der Waals surface area contributed by atoms with Gasteiger partial charge in [0.1, 0.15) is 5.75 Å². The number of hydrogen-bond donors (Lipinski definition) is 1. The number of aryl methyl sites for hydroxylation is 2. The van der Waals surface area contributed by atoms with Crippen molar-refractivity contribution in [2.24, 2.45) is 0 Å². The van der Waals surface area contributed by atoms with Crippen molar-refractivity contribution < 1.29 is 17.9 Å². The minimum absolute atomic E-state index is 0.0951. The second-order valence-corrected chi connectivity index (χ2v) is 9.48. The Labute approximate surface area is 189 Å². The monoisotopic (exact) mass is 452 g/mol. The molecule has 3 rings (SSSR count). The van der Waals surface area contributed by atoms with Gasteiger partial charge in [-0.2, -0.15) is 0 Å². The van der Waals surface area contributed by atoms with Crippen LogP contribution < -0.4 is 14.4 Å². The summed E-state index contributed by atoms with van der Waals surface area (Å²) in [6.45, 7) is 2.39. The molecule has 0 saturated heterocycles. The average Bonchev–Trinajstić information content (AvgIpc) is 2.81. The number of anilines is 1. The van der Waals surface area contributed by atoms with Crippen molar-refractivity contribution in [1.29, 1.82) is 0 Å². The number of carbonyl (C=O) groups excluding carboxylic acids is 1. The Hall–Kier alpha value is -3.32. The Balaban J connectivity index is 1.46. The van der Waals surface area contributed by atoms with E-state index in [-0.39, 0.29) is 17.4 Å². The zero-order chi connectivity index (χ0) is 23.0. The first-order chi connectivity index (χ1) is 15.4. The second-order valence-electron chi connectivity index (χ2n) is 7.51. The number of amides is 1. The highest BCUT2D eigenvalue weighted by Gasteiger charge is 2.21. The van der Waals surface area contributed by atoms with Crippen molar-refractivity contribution in [2.75, 3.05) is 24.5 Å². The molecular weight excluding hydrogens is 424 g/mol. The SMILES string of the molecule is Cc1ccc(S(=O)(=O)N(C)c2ccc(OCC(=O)NCCCc3ccccc3)cc2)cc1. The Morgan fingerprint density at radius 3 is 2.25 bits per heavy atom. The molecule has 0 spiro atoms. The zero-order valence-corrected chi connectivity index (χ0v) is 19.1. The number of benzene rings is 3. The molecule has 0 aliphatic rings. The molecule has 0 bridgehead atoms. The lowest BCUT2D eigenvalue weighted by Crippen LogP contribution is -2.30. The quantitative estimate of drug-likeness (QED) is 0.473. The summed E-state index contributed by atoms with van der Waals surface area (Å²) in [5.74, 6) is 0.301. The molecule has 0 radical (unpaired) electrons. The maximum absolute atomic E-state index is 12.8. The molecule has 0 aliphatic carbocycles. The fraction of sp³-hybridized carbons (Fsp3) is 0.240.